The largest absolute Gasteiger partial charge is 0.369 e. The standard InChI is InChI=1S/C22H37FN5O5P/c1-6-8-9-10-11-13(3)15-16(23)21(32-18(15)14(4)33-34(30,7-2)31-5)28-12-25-17-19(28)26-22(24)27-20(17)29/h12-16,18,21H,6-11H2,1-5H3,(H3,24,26,27,29). The van der Waals surface area contributed by atoms with E-state index in [-0.39, 0.29) is 29.2 Å². The van der Waals surface area contributed by atoms with Gasteiger partial charge >= 0.3 is 7.60 Å². The van der Waals surface area contributed by atoms with Crippen molar-refractivity contribution in [2.75, 3.05) is 19.0 Å². The molecule has 7 atom stereocenters. The van der Waals surface area contributed by atoms with Crippen molar-refractivity contribution < 1.29 is 22.7 Å². The Kier molecular flexibility index (Phi) is 8.89. The Labute approximate surface area is 199 Å². The molecule has 192 valence electrons. The molecule has 10 nitrogen and oxygen atoms in total. The van der Waals surface area contributed by atoms with Crippen LogP contribution in [0.5, 0.6) is 0 Å². The molecule has 1 aliphatic rings. The van der Waals surface area contributed by atoms with Crippen LogP contribution < -0.4 is 11.3 Å². The van der Waals surface area contributed by atoms with E-state index >= 15 is 4.39 Å². The summed E-state index contributed by atoms with van der Waals surface area (Å²) in [5, 5.41) is 0. The highest BCUT2D eigenvalue weighted by Crippen LogP contribution is 2.51. The van der Waals surface area contributed by atoms with Crippen LogP contribution >= 0.6 is 7.60 Å². The van der Waals surface area contributed by atoms with Gasteiger partial charge in [0.15, 0.2) is 23.6 Å². The molecule has 1 saturated heterocycles. The number of hydrogen-bond acceptors (Lipinski definition) is 8. The molecule has 34 heavy (non-hydrogen) atoms. The number of hydrogen-bond donors (Lipinski definition) is 2. The number of nitrogens with one attached hydrogen (secondary N) is 1. The van der Waals surface area contributed by atoms with Crippen molar-refractivity contribution in [2.45, 2.75) is 84.4 Å². The minimum absolute atomic E-state index is 0.0207. The lowest BCUT2D eigenvalue weighted by Gasteiger charge is -2.31. The number of H-pyrrole nitrogens is 1. The van der Waals surface area contributed by atoms with Crippen molar-refractivity contribution >= 4 is 24.7 Å². The van der Waals surface area contributed by atoms with Crippen molar-refractivity contribution in [2.24, 2.45) is 11.8 Å². The Balaban J connectivity index is 1.93. The van der Waals surface area contributed by atoms with Crippen LogP contribution in [0.2, 0.25) is 0 Å². The SMILES string of the molecule is CCCCCCC(C)C1C(F)C(n2cnc3c(=O)[nH]c(N)nc32)OC1C(C)OP(=O)(CC)OC. The van der Waals surface area contributed by atoms with Gasteiger partial charge in [0, 0.05) is 19.2 Å². The van der Waals surface area contributed by atoms with Crippen LogP contribution in [0.4, 0.5) is 10.3 Å². The minimum Gasteiger partial charge on any atom is -0.369 e. The molecule has 3 N–H and O–H groups in total. The van der Waals surface area contributed by atoms with E-state index in [2.05, 4.69) is 21.9 Å². The van der Waals surface area contributed by atoms with Gasteiger partial charge in [0.2, 0.25) is 5.95 Å². The van der Waals surface area contributed by atoms with E-state index in [9.17, 15) is 9.36 Å². The molecule has 3 rings (SSSR count). The van der Waals surface area contributed by atoms with Crippen LogP contribution in [0, 0.1) is 11.8 Å². The van der Waals surface area contributed by atoms with Crippen LogP contribution in [0.3, 0.4) is 0 Å². The fraction of sp³-hybridized carbons (Fsp3) is 0.773. The topological polar surface area (TPSA) is 134 Å². The predicted octanol–water partition coefficient (Wildman–Crippen LogP) is 4.42. The second-order valence-electron chi connectivity index (χ2n) is 9.04. The van der Waals surface area contributed by atoms with Gasteiger partial charge in [-0.1, -0.05) is 52.9 Å². The second-order valence-corrected chi connectivity index (χ2v) is 11.5. The number of aromatic amines is 1. The molecule has 0 aliphatic carbocycles. The predicted molar refractivity (Wildman–Crippen MR) is 128 cm³/mol. The van der Waals surface area contributed by atoms with Gasteiger partial charge in [-0.15, -0.1) is 0 Å². The quantitative estimate of drug-likeness (QED) is 0.322. The molecule has 1 aliphatic heterocycles. The first-order chi connectivity index (χ1) is 16.2. The van der Waals surface area contributed by atoms with Gasteiger partial charge in [-0.25, -0.2) is 9.37 Å². The third-order valence-corrected chi connectivity index (χ3v) is 8.65. The molecular weight excluding hydrogens is 464 g/mol. The zero-order valence-corrected chi connectivity index (χ0v) is 21.5. The molecule has 0 aromatic carbocycles. The normalized spacial score (nSPS) is 26.5. The maximum absolute atomic E-state index is 16.1. The summed E-state index contributed by atoms with van der Waals surface area (Å²) in [7, 11) is -1.98. The highest BCUT2D eigenvalue weighted by Gasteiger charge is 2.51. The maximum Gasteiger partial charge on any atom is 0.330 e. The molecule has 0 amide bonds. The highest BCUT2D eigenvalue weighted by molar-refractivity contribution is 7.53. The molecule has 12 heteroatoms. The highest BCUT2D eigenvalue weighted by atomic mass is 31.2. The summed E-state index contributed by atoms with van der Waals surface area (Å²) < 4.78 is 47.5. The lowest BCUT2D eigenvalue weighted by atomic mass is 9.81. The average Bonchev–Trinajstić information content (AvgIpc) is 3.37. The number of rotatable bonds is 12. The van der Waals surface area contributed by atoms with E-state index in [0.717, 1.165) is 32.1 Å². The van der Waals surface area contributed by atoms with Crippen LogP contribution in [0.25, 0.3) is 11.2 Å². The number of nitrogens with two attached hydrogens (primary N) is 1. The first-order valence-corrected chi connectivity index (χ1v) is 13.7. The smallest absolute Gasteiger partial charge is 0.330 e. The Bertz CT molecular complexity index is 1050. The zero-order valence-electron chi connectivity index (χ0n) is 20.6. The Hall–Kier alpha value is -1.81. The van der Waals surface area contributed by atoms with Gasteiger partial charge in [-0.2, -0.15) is 4.98 Å². The monoisotopic (exact) mass is 501 g/mol. The van der Waals surface area contributed by atoms with Gasteiger partial charge in [0.1, 0.15) is 0 Å². The first kappa shape index (κ1) is 26.8. The number of aromatic nitrogens is 4. The van der Waals surface area contributed by atoms with E-state index in [4.69, 9.17) is 19.5 Å². The lowest BCUT2D eigenvalue weighted by molar-refractivity contribution is -0.0646. The summed E-state index contributed by atoms with van der Waals surface area (Å²) in [6, 6.07) is 0. The van der Waals surface area contributed by atoms with E-state index < -0.39 is 43.7 Å². The summed E-state index contributed by atoms with van der Waals surface area (Å²) in [6.07, 6.45) is 2.79. The van der Waals surface area contributed by atoms with Gasteiger partial charge in [-0.05, 0) is 12.8 Å². The van der Waals surface area contributed by atoms with E-state index in [0.29, 0.717) is 0 Å². The molecule has 0 spiro atoms. The number of anilines is 1. The number of imidazole rings is 1. The van der Waals surface area contributed by atoms with Gasteiger partial charge in [-0.3, -0.25) is 18.9 Å². The summed E-state index contributed by atoms with van der Waals surface area (Å²) in [6.45, 7) is 7.60. The number of alkyl halides is 1. The van der Waals surface area contributed by atoms with Gasteiger partial charge in [0.05, 0.1) is 18.5 Å². The third-order valence-electron chi connectivity index (χ3n) is 6.67. The number of nitrogen functional groups attached to an aromatic ring is 1. The first-order valence-electron chi connectivity index (χ1n) is 12.0. The molecule has 0 radical (unpaired) electrons. The molecule has 2 aromatic rings. The average molecular weight is 502 g/mol. The van der Waals surface area contributed by atoms with Crippen molar-refractivity contribution in [3.05, 3.63) is 16.7 Å². The molecule has 1 fully saturated rings. The molecule has 2 aromatic heterocycles. The summed E-state index contributed by atoms with van der Waals surface area (Å²) in [4.78, 5) is 22.8. The number of nitrogens with zero attached hydrogens (tertiary/aromatic N) is 3. The number of fused-ring (bicyclic) bond motifs is 1. The summed E-state index contributed by atoms with van der Waals surface area (Å²) in [5.74, 6) is -0.640. The Morgan fingerprint density at radius 2 is 2.06 bits per heavy atom. The molecule has 3 heterocycles. The number of ether oxygens (including phenoxy) is 1. The molecule has 0 saturated carbocycles. The second kappa shape index (κ2) is 11.3. The fourth-order valence-electron chi connectivity index (χ4n) is 4.75. The Morgan fingerprint density at radius 1 is 1.32 bits per heavy atom. The van der Waals surface area contributed by atoms with Crippen molar-refractivity contribution in [3.63, 3.8) is 0 Å². The van der Waals surface area contributed by atoms with Crippen molar-refractivity contribution in [1.82, 2.24) is 19.5 Å². The summed E-state index contributed by atoms with van der Waals surface area (Å²) in [5.41, 5.74) is 5.40. The van der Waals surface area contributed by atoms with Crippen LogP contribution in [0.15, 0.2) is 11.1 Å². The summed E-state index contributed by atoms with van der Waals surface area (Å²) >= 11 is 0. The van der Waals surface area contributed by atoms with Crippen LogP contribution in [-0.2, 0) is 18.3 Å². The van der Waals surface area contributed by atoms with E-state index in [1.54, 1.807) is 13.8 Å². The zero-order chi connectivity index (χ0) is 25.0. The van der Waals surface area contributed by atoms with Crippen molar-refractivity contribution in [1.29, 1.82) is 0 Å². The van der Waals surface area contributed by atoms with Crippen molar-refractivity contribution in [3.8, 4) is 0 Å². The van der Waals surface area contributed by atoms with Crippen LogP contribution in [0.1, 0.15) is 66.0 Å². The molecule has 0 bridgehead atoms. The van der Waals surface area contributed by atoms with Gasteiger partial charge in [0.25, 0.3) is 5.56 Å². The number of unbranched alkanes of at least 4 members (excludes halogenated alkanes) is 3. The third kappa shape index (κ3) is 5.53. The molecular formula is C22H37FN5O5P. The maximum atomic E-state index is 16.1. The minimum atomic E-state index is -3.32. The Morgan fingerprint density at radius 3 is 2.71 bits per heavy atom. The lowest BCUT2D eigenvalue weighted by Crippen LogP contribution is -2.36. The van der Waals surface area contributed by atoms with Gasteiger partial charge < -0.3 is 19.5 Å². The fourth-order valence-corrected chi connectivity index (χ4v) is 5.87. The van der Waals surface area contributed by atoms with E-state index in [1.165, 1.54) is 18.0 Å². The van der Waals surface area contributed by atoms with Crippen LogP contribution in [-0.4, -0.2) is 51.2 Å². The molecule has 7 unspecified atom stereocenters. The number of halogens is 1. The van der Waals surface area contributed by atoms with E-state index in [1.807, 2.05) is 6.92 Å².